The fourth-order valence-corrected chi connectivity index (χ4v) is 5.39. The summed E-state index contributed by atoms with van der Waals surface area (Å²) in [6.07, 6.45) is 7.84. The van der Waals surface area contributed by atoms with Gasteiger partial charge in [0.1, 0.15) is 17.2 Å². The lowest BCUT2D eigenvalue weighted by atomic mass is 9.86. The van der Waals surface area contributed by atoms with Crippen molar-refractivity contribution in [1.29, 1.82) is 0 Å². The van der Waals surface area contributed by atoms with E-state index in [1.54, 1.807) is 0 Å². The Morgan fingerprint density at radius 1 is 1.24 bits per heavy atom. The van der Waals surface area contributed by atoms with Crippen molar-refractivity contribution in [1.82, 2.24) is 15.6 Å². The number of benzene rings is 1. The zero-order valence-electron chi connectivity index (χ0n) is 20.1. The molecule has 2 aromatic rings. The van der Waals surface area contributed by atoms with Crippen molar-refractivity contribution in [3.63, 3.8) is 0 Å². The molecule has 3 heterocycles. The summed E-state index contributed by atoms with van der Waals surface area (Å²) in [6.45, 7) is 5.29. The summed E-state index contributed by atoms with van der Waals surface area (Å²) >= 11 is 0. The minimum atomic E-state index is -0.0415. The van der Waals surface area contributed by atoms with Gasteiger partial charge < -0.3 is 25.0 Å². The molecule has 1 aromatic carbocycles. The molecule has 0 radical (unpaired) electrons. The number of hydrogen-bond donors (Lipinski definition) is 2. The molecule has 34 heavy (non-hydrogen) atoms. The maximum Gasteiger partial charge on any atom is 0.191 e. The molecule has 184 valence electrons. The molecular formula is C26H36IN5O2. The average Bonchev–Trinajstić information content (AvgIpc) is 3.29. The summed E-state index contributed by atoms with van der Waals surface area (Å²) in [5, 5.41) is 7.19. The van der Waals surface area contributed by atoms with Gasteiger partial charge in [0.25, 0.3) is 0 Å². The predicted octanol–water partition coefficient (Wildman–Crippen LogP) is 4.43. The number of halogens is 1. The quantitative estimate of drug-likeness (QED) is 0.319. The first-order chi connectivity index (χ1) is 16.1. The molecule has 2 N–H and O–H groups in total. The van der Waals surface area contributed by atoms with Gasteiger partial charge in [0.15, 0.2) is 5.96 Å². The average molecular weight is 578 g/mol. The van der Waals surface area contributed by atoms with Gasteiger partial charge in [-0.05, 0) is 56.4 Å². The minimum absolute atomic E-state index is 0. The molecular weight excluding hydrogens is 541 g/mol. The molecule has 1 spiro atoms. The number of aliphatic imine (C=N–C) groups is 1. The van der Waals surface area contributed by atoms with E-state index < -0.39 is 0 Å². The van der Waals surface area contributed by atoms with Crippen molar-refractivity contribution in [2.75, 3.05) is 31.6 Å². The summed E-state index contributed by atoms with van der Waals surface area (Å²) in [7, 11) is 1.83. The summed E-state index contributed by atoms with van der Waals surface area (Å²) in [5.74, 6) is 2.83. The first kappa shape index (κ1) is 25.0. The third-order valence-electron chi connectivity index (χ3n) is 7.08. The van der Waals surface area contributed by atoms with Gasteiger partial charge in [-0.25, -0.2) is 4.98 Å². The summed E-state index contributed by atoms with van der Waals surface area (Å²) < 4.78 is 12.2. The Kier molecular flexibility index (Phi) is 8.18. The molecule has 5 rings (SSSR count). The Morgan fingerprint density at radius 3 is 2.85 bits per heavy atom. The van der Waals surface area contributed by atoms with E-state index in [2.05, 4.69) is 68.8 Å². The van der Waals surface area contributed by atoms with Gasteiger partial charge in [-0.1, -0.05) is 18.2 Å². The summed E-state index contributed by atoms with van der Waals surface area (Å²) in [4.78, 5) is 11.4. The number of nitrogens with zero attached hydrogens (tertiary/aromatic N) is 3. The molecule has 1 saturated carbocycles. The molecule has 1 saturated heterocycles. The molecule has 1 aliphatic carbocycles. The number of hydrogen-bond acceptors (Lipinski definition) is 5. The van der Waals surface area contributed by atoms with E-state index >= 15 is 0 Å². The van der Waals surface area contributed by atoms with Crippen LogP contribution in [0.2, 0.25) is 0 Å². The fourth-order valence-electron chi connectivity index (χ4n) is 5.39. The van der Waals surface area contributed by atoms with Crippen LogP contribution in [0.3, 0.4) is 0 Å². The molecule has 7 nitrogen and oxygen atoms in total. The van der Waals surface area contributed by atoms with Crippen molar-refractivity contribution >= 4 is 35.8 Å². The standard InChI is InChI=1S/C26H35N5O2.HI/c1-19-18-31(13-14-32-19)24-15-20(9-12-28-24)17-29-25(27-2)30-22-16-26(10-5-6-11-26)33-23-8-4-3-7-21(22)23;/h3-4,7-9,12,15,19,22H,5-6,10-11,13-14,16-18H2,1-2H3,(H2,27,29,30);1H. The molecule has 2 fully saturated rings. The van der Waals surface area contributed by atoms with Gasteiger partial charge in [-0.3, -0.25) is 4.99 Å². The molecule has 0 bridgehead atoms. The summed E-state index contributed by atoms with van der Waals surface area (Å²) in [5.41, 5.74) is 2.35. The van der Waals surface area contributed by atoms with Crippen LogP contribution in [0.15, 0.2) is 47.6 Å². The SMILES string of the molecule is CN=C(NCc1ccnc(N2CCOC(C)C2)c1)NC1CC2(CCCC2)Oc2ccccc21.I. The van der Waals surface area contributed by atoms with Crippen LogP contribution in [0.1, 0.15) is 56.2 Å². The zero-order valence-corrected chi connectivity index (χ0v) is 22.5. The van der Waals surface area contributed by atoms with Crippen molar-refractivity contribution in [2.24, 2.45) is 4.99 Å². The van der Waals surface area contributed by atoms with Gasteiger partial charge in [0.2, 0.25) is 0 Å². The van der Waals surface area contributed by atoms with Gasteiger partial charge in [0.05, 0.1) is 18.8 Å². The maximum absolute atomic E-state index is 6.51. The molecule has 1 aromatic heterocycles. The molecule has 2 atom stereocenters. The van der Waals surface area contributed by atoms with Crippen LogP contribution in [0.25, 0.3) is 0 Å². The van der Waals surface area contributed by atoms with Crippen LogP contribution in [0.5, 0.6) is 5.75 Å². The fraction of sp³-hybridized carbons (Fsp3) is 0.538. The van der Waals surface area contributed by atoms with E-state index in [0.717, 1.165) is 56.5 Å². The monoisotopic (exact) mass is 577 g/mol. The van der Waals surface area contributed by atoms with E-state index in [4.69, 9.17) is 9.47 Å². The number of pyridine rings is 1. The van der Waals surface area contributed by atoms with Crippen molar-refractivity contribution in [2.45, 2.75) is 63.3 Å². The van der Waals surface area contributed by atoms with Crippen LogP contribution in [0, 0.1) is 0 Å². The first-order valence-corrected chi connectivity index (χ1v) is 12.2. The van der Waals surface area contributed by atoms with Crippen LogP contribution in [-0.2, 0) is 11.3 Å². The van der Waals surface area contributed by atoms with Gasteiger partial charge in [0, 0.05) is 44.9 Å². The molecule has 0 amide bonds. The number of guanidine groups is 1. The topological polar surface area (TPSA) is 71.0 Å². The van der Waals surface area contributed by atoms with Crippen LogP contribution >= 0.6 is 24.0 Å². The second kappa shape index (κ2) is 11.1. The van der Waals surface area contributed by atoms with E-state index in [1.165, 1.54) is 24.0 Å². The highest BCUT2D eigenvalue weighted by Crippen LogP contribution is 2.46. The van der Waals surface area contributed by atoms with E-state index in [0.29, 0.717) is 6.54 Å². The highest BCUT2D eigenvalue weighted by Gasteiger charge is 2.43. The van der Waals surface area contributed by atoms with Gasteiger partial charge >= 0.3 is 0 Å². The summed E-state index contributed by atoms with van der Waals surface area (Å²) in [6, 6.07) is 12.8. The highest BCUT2D eigenvalue weighted by molar-refractivity contribution is 14.0. The van der Waals surface area contributed by atoms with Crippen LogP contribution < -0.4 is 20.3 Å². The Labute approximate surface area is 219 Å². The number of fused-ring (bicyclic) bond motifs is 1. The maximum atomic E-state index is 6.51. The first-order valence-electron chi connectivity index (χ1n) is 12.2. The number of aromatic nitrogens is 1. The van der Waals surface area contributed by atoms with E-state index in [9.17, 15) is 0 Å². The largest absolute Gasteiger partial charge is 0.487 e. The Morgan fingerprint density at radius 2 is 2.06 bits per heavy atom. The van der Waals surface area contributed by atoms with Crippen molar-refractivity contribution < 1.29 is 9.47 Å². The number of morpholine rings is 1. The Balaban J connectivity index is 0.00000274. The Bertz CT molecular complexity index is 995. The number of anilines is 1. The second-order valence-corrected chi connectivity index (χ2v) is 9.51. The van der Waals surface area contributed by atoms with Crippen LogP contribution in [0.4, 0.5) is 5.82 Å². The van der Waals surface area contributed by atoms with Crippen LogP contribution in [-0.4, -0.2) is 49.4 Å². The third-order valence-corrected chi connectivity index (χ3v) is 7.08. The molecule has 8 heteroatoms. The van der Waals surface area contributed by atoms with E-state index in [-0.39, 0.29) is 41.7 Å². The minimum Gasteiger partial charge on any atom is -0.487 e. The van der Waals surface area contributed by atoms with E-state index in [1.807, 2.05) is 13.2 Å². The molecule has 3 aliphatic rings. The second-order valence-electron chi connectivity index (χ2n) is 9.51. The predicted molar refractivity (Wildman–Crippen MR) is 146 cm³/mol. The normalized spacial score (nSPS) is 23.6. The third kappa shape index (κ3) is 5.59. The molecule has 2 unspecified atom stereocenters. The number of para-hydroxylation sites is 1. The smallest absolute Gasteiger partial charge is 0.191 e. The highest BCUT2D eigenvalue weighted by atomic mass is 127. The van der Waals surface area contributed by atoms with Crippen molar-refractivity contribution in [3.05, 3.63) is 53.7 Å². The van der Waals surface area contributed by atoms with Gasteiger partial charge in [-0.15, -0.1) is 24.0 Å². The zero-order chi connectivity index (χ0) is 22.7. The van der Waals surface area contributed by atoms with Crippen molar-refractivity contribution in [3.8, 4) is 5.75 Å². The van der Waals surface area contributed by atoms with Gasteiger partial charge in [-0.2, -0.15) is 0 Å². The molecule has 2 aliphatic heterocycles. The number of rotatable bonds is 4. The Hall–Kier alpha value is -2.07. The lowest BCUT2D eigenvalue weighted by molar-refractivity contribution is 0.0396. The number of nitrogens with one attached hydrogen (secondary N) is 2. The lowest BCUT2D eigenvalue weighted by Gasteiger charge is -2.40. The number of ether oxygens (including phenoxy) is 2. The lowest BCUT2D eigenvalue weighted by Crippen LogP contribution is -2.46.